The first kappa shape index (κ1) is 16.6. The van der Waals surface area contributed by atoms with Crippen molar-refractivity contribution in [3.8, 4) is 5.75 Å². The van der Waals surface area contributed by atoms with E-state index in [1.54, 1.807) is 43.5 Å². The molecule has 1 aromatic heterocycles. The molecular formula is C19H20O4S. The van der Waals surface area contributed by atoms with Crippen molar-refractivity contribution in [2.75, 3.05) is 7.11 Å². The highest BCUT2D eigenvalue weighted by molar-refractivity contribution is 7.91. The molecule has 0 radical (unpaired) electrons. The van der Waals surface area contributed by atoms with Crippen LogP contribution in [0.1, 0.15) is 25.5 Å². The van der Waals surface area contributed by atoms with Crippen LogP contribution in [0, 0.1) is 0 Å². The van der Waals surface area contributed by atoms with E-state index in [9.17, 15) is 8.42 Å². The van der Waals surface area contributed by atoms with Crippen LogP contribution in [0.25, 0.3) is 11.0 Å². The van der Waals surface area contributed by atoms with E-state index in [1.165, 1.54) is 0 Å². The maximum atomic E-state index is 13.2. The lowest BCUT2D eigenvalue weighted by Crippen LogP contribution is -2.04. The Balaban J connectivity index is 2.18. The van der Waals surface area contributed by atoms with Crippen molar-refractivity contribution in [2.24, 2.45) is 0 Å². The highest BCUT2D eigenvalue weighted by Gasteiger charge is 2.27. The molecule has 0 N–H and O–H groups in total. The predicted molar refractivity (Wildman–Crippen MR) is 93.3 cm³/mol. The average molecular weight is 344 g/mol. The van der Waals surface area contributed by atoms with Crippen LogP contribution in [0.2, 0.25) is 0 Å². The van der Waals surface area contributed by atoms with Gasteiger partial charge in [0.2, 0.25) is 9.84 Å². The molecule has 1 heterocycles. The zero-order valence-corrected chi connectivity index (χ0v) is 14.6. The van der Waals surface area contributed by atoms with Crippen molar-refractivity contribution >= 4 is 20.8 Å². The van der Waals surface area contributed by atoms with Crippen molar-refractivity contribution in [3.63, 3.8) is 0 Å². The molecule has 0 saturated heterocycles. The van der Waals surface area contributed by atoms with Crippen LogP contribution in [0.4, 0.5) is 0 Å². The number of methoxy groups -OCH3 is 1. The highest BCUT2D eigenvalue weighted by atomic mass is 32.2. The second kappa shape index (κ2) is 6.69. The fourth-order valence-corrected chi connectivity index (χ4v) is 4.37. The number of ether oxygens (including phenoxy) is 1. The number of benzene rings is 2. The molecule has 0 amide bonds. The molecule has 0 aliphatic carbocycles. The Kier molecular flexibility index (Phi) is 4.62. The fraction of sp³-hybridized carbons (Fsp3) is 0.263. The lowest BCUT2D eigenvalue weighted by Gasteiger charge is -2.07. The molecule has 0 spiro atoms. The van der Waals surface area contributed by atoms with Crippen molar-refractivity contribution in [2.45, 2.75) is 36.0 Å². The highest BCUT2D eigenvalue weighted by Crippen LogP contribution is 2.35. The van der Waals surface area contributed by atoms with Gasteiger partial charge < -0.3 is 9.15 Å². The van der Waals surface area contributed by atoms with E-state index >= 15 is 0 Å². The second-order valence-electron chi connectivity index (χ2n) is 5.63. The van der Waals surface area contributed by atoms with E-state index in [4.69, 9.17) is 9.15 Å². The van der Waals surface area contributed by atoms with E-state index in [1.807, 2.05) is 12.1 Å². The molecule has 0 aliphatic rings. The summed E-state index contributed by atoms with van der Waals surface area (Å²) in [6.07, 6.45) is 2.46. The minimum absolute atomic E-state index is 0.243. The van der Waals surface area contributed by atoms with Crippen LogP contribution < -0.4 is 4.74 Å². The van der Waals surface area contributed by atoms with Crippen LogP contribution in [-0.2, 0) is 16.3 Å². The summed E-state index contributed by atoms with van der Waals surface area (Å²) < 4.78 is 37.3. The smallest absolute Gasteiger partial charge is 0.210 e. The zero-order chi connectivity index (χ0) is 17.2. The maximum Gasteiger partial charge on any atom is 0.210 e. The van der Waals surface area contributed by atoms with Gasteiger partial charge in [-0.1, -0.05) is 25.5 Å². The van der Waals surface area contributed by atoms with E-state index in [2.05, 4.69) is 6.92 Å². The molecular weight excluding hydrogens is 324 g/mol. The van der Waals surface area contributed by atoms with Gasteiger partial charge in [-0.25, -0.2) is 8.42 Å². The molecule has 0 bridgehead atoms. The SMILES string of the molecule is CCCCc1oc2ccccc2c1S(=O)(=O)c1ccc(OC)cc1. The third kappa shape index (κ3) is 2.91. The van der Waals surface area contributed by atoms with Crippen LogP contribution in [0.5, 0.6) is 5.75 Å². The molecule has 126 valence electrons. The fourth-order valence-electron chi connectivity index (χ4n) is 2.74. The summed E-state index contributed by atoms with van der Waals surface area (Å²) >= 11 is 0. The normalized spacial score (nSPS) is 11.8. The number of furan rings is 1. The van der Waals surface area contributed by atoms with Gasteiger partial charge in [-0.2, -0.15) is 0 Å². The largest absolute Gasteiger partial charge is 0.497 e. The minimum atomic E-state index is -3.66. The molecule has 3 rings (SSSR count). The summed E-state index contributed by atoms with van der Waals surface area (Å²) in [4.78, 5) is 0.532. The van der Waals surface area contributed by atoms with Gasteiger partial charge in [0, 0.05) is 11.8 Å². The van der Waals surface area contributed by atoms with Gasteiger partial charge in [-0.05, 0) is 42.8 Å². The van der Waals surface area contributed by atoms with Gasteiger partial charge in [0.05, 0.1) is 12.0 Å². The number of fused-ring (bicyclic) bond motifs is 1. The average Bonchev–Trinajstić information content (AvgIpc) is 2.99. The Hall–Kier alpha value is -2.27. The number of sulfone groups is 1. The second-order valence-corrected chi connectivity index (χ2v) is 7.52. The van der Waals surface area contributed by atoms with Crippen molar-refractivity contribution in [1.82, 2.24) is 0 Å². The predicted octanol–water partition coefficient (Wildman–Crippen LogP) is 4.62. The van der Waals surface area contributed by atoms with Crippen molar-refractivity contribution < 1.29 is 17.6 Å². The molecule has 4 nitrogen and oxygen atoms in total. The Morgan fingerprint density at radius 3 is 2.42 bits per heavy atom. The molecule has 0 fully saturated rings. The van der Waals surface area contributed by atoms with Crippen LogP contribution in [0.3, 0.4) is 0 Å². The van der Waals surface area contributed by atoms with Gasteiger partial charge >= 0.3 is 0 Å². The van der Waals surface area contributed by atoms with E-state index in [0.29, 0.717) is 28.9 Å². The van der Waals surface area contributed by atoms with Gasteiger partial charge in [0.15, 0.2) is 0 Å². The maximum absolute atomic E-state index is 13.2. The topological polar surface area (TPSA) is 56.5 Å². The first-order valence-corrected chi connectivity index (χ1v) is 9.45. The number of hydrogen-bond acceptors (Lipinski definition) is 4. The Bertz CT molecular complexity index is 937. The van der Waals surface area contributed by atoms with E-state index < -0.39 is 9.84 Å². The zero-order valence-electron chi connectivity index (χ0n) is 13.8. The third-order valence-electron chi connectivity index (χ3n) is 4.01. The van der Waals surface area contributed by atoms with Gasteiger partial charge in [0.1, 0.15) is 22.0 Å². The number of hydrogen-bond donors (Lipinski definition) is 0. The summed E-state index contributed by atoms with van der Waals surface area (Å²) in [6.45, 7) is 2.07. The summed E-state index contributed by atoms with van der Waals surface area (Å²) in [6, 6.07) is 13.7. The monoisotopic (exact) mass is 344 g/mol. The van der Waals surface area contributed by atoms with Gasteiger partial charge in [-0.15, -0.1) is 0 Å². The van der Waals surface area contributed by atoms with E-state index in [0.717, 1.165) is 12.8 Å². The third-order valence-corrected chi connectivity index (χ3v) is 5.89. The Labute approximate surface area is 142 Å². The first-order valence-electron chi connectivity index (χ1n) is 7.97. The molecule has 3 aromatic rings. The number of rotatable bonds is 6. The molecule has 24 heavy (non-hydrogen) atoms. The number of unbranched alkanes of at least 4 members (excludes halogenated alkanes) is 1. The molecule has 0 atom stereocenters. The van der Waals surface area contributed by atoms with Crippen molar-refractivity contribution in [1.29, 1.82) is 0 Å². The van der Waals surface area contributed by atoms with Gasteiger partial charge in [-0.3, -0.25) is 0 Å². The molecule has 0 unspecified atom stereocenters. The Morgan fingerprint density at radius 1 is 1.04 bits per heavy atom. The lowest BCUT2D eigenvalue weighted by molar-refractivity contribution is 0.414. The van der Waals surface area contributed by atoms with Crippen LogP contribution in [-0.4, -0.2) is 15.5 Å². The molecule has 2 aromatic carbocycles. The summed E-state index contributed by atoms with van der Waals surface area (Å²) in [5.41, 5.74) is 0.607. The molecule has 0 saturated carbocycles. The van der Waals surface area contributed by atoms with E-state index in [-0.39, 0.29) is 9.79 Å². The number of aryl methyl sites for hydroxylation is 1. The van der Waals surface area contributed by atoms with Crippen LogP contribution >= 0.6 is 0 Å². The summed E-state index contributed by atoms with van der Waals surface area (Å²) in [5.74, 6) is 1.16. The lowest BCUT2D eigenvalue weighted by atomic mass is 10.2. The van der Waals surface area contributed by atoms with Gasteiger partial charge in [0.25, 0.3) is 0 Å². The molecule has 0 aliphatic heterocycles. The molecule has 5 heteroatoms. The standard InChI is InChI=1S/C19H20O4S/c1-3-4-8-18-19(16-7-5-6-9-17(16)23-18)24(20,21)15-12-10-14(22-2)11-13-15/h5-7,9-13H,3-4,8H2,1-2H3. The quantitative estimate of drug-likeness (QED) is 0.655. The minimum Gasteiger partial charge on any atom is -0.497 e. The van der Waals surface area contributed by atoms with Crippen molar-refractivity contribution in [3.05, 3.63) is 54.3 Å². The number of para-hydroxylation sites is 1. The Morgan fingerprint density at radius 2 is 1.75 bits per heavy atom. The summed E-state index contributed by atoms with van der Waals surface area (Å²) in [7, 11) is -2.11. The first-order chi connectivity index (χ1) is 11.6. The van der Waals surface area contributed by atoms with Crippen LogP contribution in [0.15, 0.2) is 62.7 Å². The summed E-state index contributed by atoms with van der Waals surface area (Å²) in [5, 5.41) is 0.638.